The van der Waals surface area contributed by atoms with Crippen molar-refractivity contribution in [2.24, 2.45) is 0 Å². The van der Waals surface area contributed by atoms with Gasteiger partial charge in [0, 0.05) is 24.8 Å². The van der Waals surface area contributed by atoms with Crippen LogP contribution in [0.5, 0.6) is 0 Å². The van der Waals surface area contributed by atoms with Crippen molar-refractivity contribution in [2.45, 2.75) is 51.0 Å². The van der Waals surface area contributed by atoms with Crippen molar-refractivity contribution < 1.29 is 9.18 Å². The molecular formula is C21H25FN4O. The fourth-order valence-electron chi connectivity index (χ4n) is 3.99. The summed E-state index contributed by atoms with van der Waals surface area (Å²) < 4.78 is 13.8. The van der Waals surface area contributed by atoms with E-state index in [0.29, 0.717) is 5.56 Å². The zero-order valence-electron chi connectivity index (χ0n) is 15.5. The van der Waals surface area contributed by atoms with Gasteiger partial charge < -0.3 is 10.2 Å². The van der Waals surface area contributed by atoms with Crippen molar-refractivity contribution in [1.82, 2.24) is 15.3 Å². The molecule has 2 heterocycles. The van der Waals surface area contributed by atoms with Crippen LogP contribution in [0.1, 0.15) is 55.0 Å². The zero-order valence-corrected chi connectivity index (χ0v) is 15.5. The van der Waals surface area contributed by atoms with Crippen LogP contribution < -0.4 is 10.2 Å². The van der Waals surface area contributed by atoms with Gasteiger partial charge in [0.1, 0.15) is 5.82 Å². The maximum absolute atomic E-state index is 13.8. The lowest BCUT2D eigenvalue weighted by Gasteiger charge is -2.29. The maximum atomic E-state index is 13.8. The van der Waals surface area contributed by atoms with Crippen molar-refractivity contribution in [3.05, 3.63) is 53.1 Å². The Balaban J connectivity index is 1.46. The average molecular weight is 368 g/mol. The molecule has 1 N–H and O–H groups in total. The molecular weight excluding hydrogens is 343 g/mol. The molecule has 4 rings (SSSR count). The monoisotopic (exact) mass is 368 g/mol. The summed E-state index contributed by atoms with van der Waals surface area (Å²) in [5, 5.41) is 3.05. The first-order valence-electron chi connectivity index (χ1n) is 9.84. The summed E-state index contributed by atoms with van der Waals surface area (Å²) in [6.07, 6.45) is 8.33. The Labute approximate surface area is 159 Å². The lowest BCUT2D eigenvalue weighted by molar-refractivity contribution is -0.121. The molecule has 6 heteroatoms. The summed E-state index contributed by atoms with van der Waals surface area (Å²) in [6.45, 7) is 2.03. The number of rotatable bonds is 4. The Bertz CT molecular complexity index is 820. The number of aryl methyl sites for hydroxylation is 1. The van der Waals surface area contributed by atoms with Crippen molar-refractivity contribution in [3.8, 4) is 0 Å². The molecule has 1 aromatic carbocycles. The lowest BCUT2D eigenvalue weighted by atomic mass is 9.92. The van der Waals surface area contributed by atoms with Crippen LogP contribution >= 0.6 is 0 Å². The Morgan fingerprint density at radius 3 is 2.81 bits per heavy atom. The van der Waals surface area contributed by atoms with Gasteiger partial charge in [0.15, 0.2) is 0 Å². The Morgan fingerprint density at radius 2 is 2.00 bits per heavy atom. The van der Waals surface area contributed by atoms with Gasteiger partial charge in [-0.05, 0) is 50.2 Å². The number of fused-ring (bicyclic) bond motifs is 1. The molecule has 1 saturated heterocycles. The highest BCUT2D eigenvalue weighted by atomic mass is 19.1. The predicted molar refractivity (Wildman–Crippen MR) is 102 cm³/mol. The molecule has 5 nitrogen and oxygen atoms in total. The molecule has 142 valence electrons. The summed E-state index contributed by atoms with van der Waals surface area (Å²) in [4.78, 5) is 24.1. The van der Waals surface area contributed by atoms with Gasteiger partial charge >= 0.3 is 0 Å². The van der Waals surface area contributed by atoms with Crippen molar-refractivity contribution >= 4 is 11.9 Å². The minimum atomic E-state index is -0.341. The number of anilines is 1. The minimum absolute atomic E-state index is 0.0469. The van der Waals surface area contributed by atoms with E-state index in [2.05, 4.69) is 15.2 Å². The minimum Gasteiger partial charge on any atom is -0.349 e. The van der Waals surface area contributed by atoms with E-state index in [0.717, 1.165) is 49.6 Å². The van der Waals surface area contributed by atoms with Gasteiger partial charge in [-0.2, -0.15) is 0 Å². The molecule has 1 fully saturated rings. The van der Waals surface area contributed by atoms with Gasteiger partial charge in [0.2, 0.25) is 11.9 Å². The molecule has 0 bridgehead atoms. The first-order chi connectivity index (χ1) is 13.2. The molecule has 1 aliphatic carbocycles. The fourth-order valence-corrected chi connectivity index (χ4v) is 3.99. The van der Waals surface area contributed by atoms with Crippen LogP contribution in [0, 0.1) is 5.82 Å². The number of carbonyl (C=O) groups is 1. The van der Waals surface area contributed by atoms with Gasteiger partial charge in [0.05, 0.1) is 18.2 Å². The highest BCUT2D eigenvalue weighted by molar-refractivity contribution is 5.79. The topological polar surface area (TPSA) is 58.1 Å². The molecule has 0 saturated carbocycles. The summed E-state index contributed by atoms with van der Waals surface area (Å²) in [5.74, 6) is 0.302. The van der Waals surface area contributed by atoms with Crippen LogP contribution in [0.25, 0.3) is 0 Å². The smallest absolute Gasteiger partial charge is 0.225 e. The number of amides is 1. The highest BCUT2D eigenvalue weighted by Gasteiger charge is 2.25. The number of halogens is 1. The van der Waals surface area contributed by atoms with E-state index < -0.39 is 0 Å². The Hall–Kier alpha value is -2.50. The summed E-state index contributed by atoms with van der Waals surface area (Å²) in [7, 11) is 0. The second-order valence-corrected chi connectivity index (χ2v) is 7.40. The van der Waals surface area contributed by atoms with E-state index in [9.17, 15) is 9.18 Å². The number of piperidine rings is 1. The SMILES string of the molecule is O=C(Cc1ccccc1F)NC1CCCc2nc(N3CCCCC3)ncc21. The van der Waals surface area contributed by atoms with E-state index in [1.807, 2.05) is 6.20 Å². The number of carbonyl (C=O) groups excluding carboxylic acids is 1. The first-order valence-corrected chi connectivity index (χ1v) is 9.84. The number of nitrogens with one attached hydrogen (secondary N) is 1. The van der Waals surface area contributed by atoms with Gasteiger partial charge in [-0.1, -0.05) is 18.2 Å². The van der Waals surface area contributed by atoms with E-state index in [1.54, 1.807) is 18.2 Å². The second-order valence-electron chi connectivity index (χ2n) is 7.40. The average Bonchev–Trinajstić information content (AvgIpc) is 2.70. The molecule has 0 spiro atoms. The largest absolute Gasteiger partial charge is 0.349 e. The Kier molecular flexibility index (Phi) is 5.32. The third-order valence-electron chi connectivity index (χ3n) is 5.45. The summed E-state index contributed by atoms with van der Waals surface area (Å²) >= 11 is 0. The number of aromatic nitrogens is 2. The van der Waals surface area contributed by atoms with Crippen LogP contribution in [0.15, 0.2) is 30.5 Å². The van der Waals surface area contributed by atoms with Crippen molar-refractivity contribution in [2.75, 3.05) is 18.0 Å². The van der Waals surface area contributed by atoms with E-state index >= 15 is 0 Å². The Morgan fingerprint density at radius 1 is 1.19 bits per heavy atom. The number of nitrogens with zero attached hydrogens (tertiary/aromatic N) is 3. The van der Waals surface area contributed by atoms with Crippen LogP contribution in [-0.4, -0.2) is 29.0 Å². The molecule has 2 aromatic rings. The van der Waals surface area contributed by atoms with Gasteiger partial charge in [-0.3, -0.25) is 4.79 Å². The number of benzene rings is 1. The van der Waals surface area contributed by atoms with Gasteiger partial charge in [0.25, 0.3) is 0 Å². The molecule has 1 atom stereocenters. The molecule has 1 amide bonds. The van der Waals surface area contributed by atoms with E-state index in [-0.39, 0.29) is 24.2 Å². The molecule has 1 aromatic heterocycles. The first kappa shape index (κ1) is 17.9. The van der Waals surface area contributed by atoms with Gasteiger partial charge in [-0.25, -0.2) is 14.4 Å². The second kappa shape index (κ2) is 8.03. The van der Waals surface area contributed by atoms with Crippen LogP contribution in [0.3, 0.4) is 0 Å². The van der Waals surface area contributed by atoms with E-state index in [4.69, 9.17) is 4.98 Å². The quantitative estimate of drug-likeness (QED) is 0.899. The summed E-state index contributed by atoms with van der Waals surface area (Å²) in [6, 6.07) is 6.32. The predicted octanol–water partition coefficient (Wildman–Crippen LogP) is 3.34. The molecule has 1 aliphatic heterocycles. The van der Waals surface area contributed by atoms with Crippen molar-refractivity contribution in [3.63, 3.8) is 0 Å². The normalized spacial score (nSPS) is 19.4. The van der Waals surface area contributed by atoms with Crippen LogP contribution in [-0.2, 0) is 17.6 Å². The van der Waals surface area contributed by atoms with Crippen LogP contribution in [0.4, 0.5) is 10.3 Å². The molecule has 27 heavy (non-hydrogen) atoms. The fraction of sp³-hybridized carbons (Fsp3) is 0.476. The highest BCUT2D eigenvalue weighted by Crippen LogP contribution is 2.29. The summed E-state index contributed by atoms with van der Waals surface area (Å²) in [5.41, 5.74) is 2.46. The third kappa shape index (κ3) is 4.10. The molecule has 0 radical (unpaired) electrons. The van der Waals surface area contributed by atoms with E-state index in [1.165, 1.54) is 25.3 Å². The number of hydrogen-bond acceptors (Lipinski definition) is 4. The molecule has 2 aliphatic rings. The third-order valence-corrected chi connectivity index (χ3v) is 5.45. The molecule has 1 unspecified atom stereocenters. The maximum Gasteiger partial charge on any atom is 0.225 e. The zero-order chi connectivity index (χ0) is 18.6. The van der Waals surface area contributed by atoms with Crippen LogP contribution in [0.2, 0.25) is 0 Å². The lowest BCUT2D eigenvalue weighted by Crippen LogP contribution is -2.34. The van der Waals surface area contributed by atoms with Crippen molar-refractivity contribution in [1.29, 1.82) is 0 Å². The standard InChI is InChI=1S/C21H25FN4O/c22-17-8-3-2-7-15(17)13-20(27)24-18-9-6-10-19-16(18)14-23-21(25-19)26-11-4-1-5-12-26/h2-3,7-8,14,18H,1,4-6,9-13H2,(H,24,27). The van der Waals surface area contributed by atoms with Gasteiger partial charge in [-0.15, -0.1) is 0 Å². The number of hydrogen-bond donors (Lipinski definition) is 1.